The van der Waals surface area contributed by atoms with E-state index in [0.717, 1.165) is 0 Å². The van der Waals surface area contributed by atoms with Crippen molar-refractivity contribution < 1.29 is 42.0 Å². The van der Waals surface area contributed by atoms with Gasteiger partial charge in [-0.2, -0.15) is 0 Å². The fourth-order valence-corrected chi connectivity index (χ4v) is 9.47. The second kappa shape index (κ2) is 36.2. The number of hydrogen-bond acceptors (Lipinski definition) is 8. The van der Waals surface area contributed by atoms with E-state index in [1.165, 1.54) is 116 Å². The molecule has 0 aliphatic heterocycles. The largest absolute Gasteiger partial charge is 0.379 e. The first kappa shape index (κ1) is 69.8. The van der Waals surface area contributed by atoms with Crippen LogP contribution in [0.2, 0.25) is 0 Å². The van der Waals surface area contributed by atoms with E-state index < -0.39 is 12.5 Å². The molecule has 0 N–H and O–H groups in total. The van der Waals surface area contributed by atoms with Crippen molar-refractivity contribution >= 4 is 0 Å². The van der Waals surface area contributed by atoms with E-state index in [0.29, 0.717) is 0 Å². The molecule has 0 spiro atoms. The molecule has 0 unspecified atom stereocenters. The molecule has 3 aliphatic carbocycles. The Kier molecular flexibility index (Phi) is 30.1. The van der Waals surface area contributed by atoms with Crippen molar-refractivity contribution in [3.63, 3.8) is 0 Å². The summed E-state index contributed by atoms with van der Waals surface area (Å²) in [5.74, 6) is 0. The normalized spacial score (nSPS) is 16.1. The van der Waals surface area contributed by atoms with Crippen LogP contribution in [0, 0.1) is 0 Å². The molecule has 84 heavy (non-hydrogen) atoms. The second-order valence-corrected chi connectivity index (χ2v) is 25.0. The lowest BCUT2D eigenvalue weighted by molar-refractivity contribution is -0.0234. The van der Waals surface area contributed by atoms with Crippen molar-refractivity contribution in [2.24, 2.45) is 0 Å². The third-order valence-electron chi connectivity index (χ3n) is 16.2. The smallest absolute Gasteiger partial charge is 0.116 e. The van der Waals surface area contributed by atoms with E-state index in [-0.39, 0.29) is 39.2 Å². The Morgan fingerprint density at radius 3 is 0.726 bits per heavy atom. The maximum atomic E-state index is 6.94. The predicted molar refractivity (Wildman–Crippen MR) is 355 cm³/mol. The molecule has 0 aromatic heterocycles. The van der Waals surface area contributed by atoms with Gasteiger partial charge < -0.3 is 37.9 Å². The topological polar surface area (TPSA) is 73.8 Å². The quantitative estimate of drug-likeness (QED) is 0.142. The number of ether oxygens (including phenoxy) is 8. The van der Waals surface area contributed by atoms with E-state index >= 15 is 0 Å². The summed E-state index contributed by atoms with van der Waals surface area (Å²) < 4.78 is 63.4. The van der Waals surface area contributed by atoms with Gasteiger partial charge in [0.05, 0.1) is 28.0 Å². The molecule has 3 aliphatic rings. The fraction of sp³-hybridized carbons (Fsp3) is 0.526. The first-order chi connectivity index (χ1) is 40.8. The van der Waals surface area contributed by atoms with Crippen LogP contribution >= 0.6 is 0 Å². The standard InChI is InChI=1S/C15H14O.2C15H16O.2C8H16O.3C5H12O/c1-15(16-2)13-9-5-3-7-11(13)12-8-4-6-10-14(12)15;2*1-15(16-2,13-9-5-3-6-10-13)14-11-7-4-8-12-14;2*1-8(9-2)6-4-3-5-7-8;3*1-5(2,3)6-4/h3-10H,1-2H3;2*3-12H,1-2H3;2*3-7H2,1-2H3;3*1-4H3/i;;;;;1D3;;. The van der Waals surface area contributed by atoms with Crippen LogP contribution in [0.25, 0.3) is 11.1 Å². The molecular formula is C76H114O8. The highest BCUT2D eigenvalue weighted by atomic mass is 16.5. The second-order valence-electron chi connectivity index (χ2n) is 25.0. The number of hydrogen-bond donors (Lipinski definition) is 0. The average Bonchev–Trinajstić information content (AvgIpc) is 1.63. The summed E-state index contributed by atoms with van der Waals surface area (Å²) in [7, 11) is 13.7. The predicted octanol–water partition coefficient (Wildman–Crippen LogP) is 19.8. The van der Waals surface area contributed by atoms with E-state index in [1.54, 1.807) is 49.4 Å². The monoisotopic (exact) mass is 1160 g/mol. The summed E-state index contributed by atoms with van der Waals surface area (Å²) in [6.45, 7) is 23.9. The summed E-state index contributed by atoms with van der Waals surface area (Å²) in [4.78, 5) is 0. The third kappa shape index (κ3) is 25.1. The van der Waals surface area contributed by atoms with Gasteiger partial charge in [-0.1, -0.05) is 208 Å². The molecule has 0 amide bonds. The number of rotatable bonds is 9. The van der Waals surface area contributed by atoms with Crippen molar-refractivity contribution in [2.45, 2.75) is 206 Å². The van der Waals surface area contributed by atoms with Crippen molar-refractivity contribution in [3.8, 4) is 11.1 Å². The van der Waals surface area contributed by atoms with Gasteiger partial charge in [0.2, 0.25) is 0 Å². The Hall–Kier alpha value is -5.00. The van der Waals surface area contributed by atoms with Gasteiger partial charge in [0.1, 0.15) is 16.8 Å². The van der Waals surface area contributed by atoms with Crippen LogP contribution in [0.5, 0.6) is 0 Å². The lowest BCUT2D eigenvalue weighted by Crippen LogP contribution is -2.29. The SMILES string of the molecule is COC(C)(C)C.COC(C)(C)C.COC(C)(c1ccccc1)c1ccccc1.COC(C)(c1ccccc1)c1ccccc1.COC1(C)CCCCC1.COC1(C)CCCCC1.COC1(C)c2ccccc2-c2ccccc21.[2H]C([2H])([2H])C(C)(C)OC. The average molecular weight is 1160 g/mol. The molecule has 8 nitrogen and oxygen atoms in total. The zero-order chi connectivity index (χ0) is 65.6. The molecule has 0 atom stereocenters. The van der Waals surface area contributed by atoms with Crippen molar-refractivity contribution in [1.82, 2.24) is 0 Å². The molecule has 0 saturated heterocycles. The van der Waals surface area contributed by atoms with Gasteiger partial charge in [-0.25, -0.2) is 0 Å². The minimum absolute atomic E-state index is 0.0417. The zero-order valence-electron chi connectivity index (χ0n) is 59.0. The Labute approximate surface area is 516 Å². The summed E-state index contributed by atoms with van der Waals surface area (Å²) in [5.41, 5.74) is 8.25. The summed E-state index contributed by atoms with van der Waals surface area (Å²) in [6.07, 6.45) is 13.2. The molecule has 0 radical (unpaired) electrons. The summed E-state index contributed by atoms with van der Waals surface area (Å²) >= 11 is 0. The molecule has 0 bridgehead atoms. The molecule has 2 saturated carbocycles. The van der Waals surface area contributed by atoms with Crippen LogP contribution < -0.4 is 0 Å². The molecule has 0 heterocycles. The van der Waals surface area contributed by atoms with Gasteiger partial charge in [-0.3, -0.25) is 0 Å². The first-order valence-corrected chi connectivity index (χ1v) is 30.1. The molecule has 466 valence electrons. The molecule has 6 aromatic rings. The number of benzene rings is 6. The number of fused-ring (bicyclic) bond motifs is 3. The van der Waals surface area contributed by atoms with Gasteiger partial charge in [0.15, 0.2) is 0 Å². The highest BCUT2D eigenvalue weighted by Crippen LogP contribution is 2.49. The van der Waals surface area contributed by atoms with E-state index in [2.05, 4.69) is 132 Å². The first-order valence-electron chi connectivity index (χ1n) is 31.6. The minimum Gasteiger partial charge on any atom is -0.379 e. The van der Waals surface area contributed by atoms with Crippen LogP contribution in [0.4, 0.5) is 0 Å². The lowest BCUT2D eigenvalue weighted by Gasteiger charge is -2.31. The lowest BCUT2D eigenvalue weighted by atomic mass is 9.86. The zero-order valence-corrected chi connectivity index (χ0v) is 56.0. The van der Waals surface area contributed by atoms with Crippen molar-refractivity contribution in [1.29, 1.82) is 0 Å². The van der Waals surface area contributed by atoms with Crippen molar-refractivity contribution in [2.75, 3.05) is 56.9 Å². The molecule has 6 aromatic carbocycles. The minimum atomic E-state index is -2.03. The van der Waals surface area contributed by atoms with Crippen LogP contribution in [-0.2, 0) is 54.7 Å². The highest BCUT2D eigenvalue weighted by Gasteiger charge is 2.39. The van der Waals surface area contributed by atoms with Crippen LogP contribution in [0.1, 0.15) is 199 Å². The Bertz CT molecular complexity index is 2480. The van der Waals surface area contributed by atoms with Crippen LogP contribution in [0.3, 0.4) is 0 Å². The Balaban J connectivity index is 0.000000349. The van der Waals surface area contributed by atoms with E-state index in [9.17, 15) is 0 Å². The number of methoxy groups -OCH3 is 8. The van der Waals surface area contributed by atoms with E-state index in [4.69, 9.17) is 42.0 Å². The van der Waals surface area contributed by atoms with Gasteiger partial charge in [0.25, 0.3) is 0 Å². The third-order valence-corrected chi connectivity index (χ3v) is 16.2. The highest BCUT2D eigenvalue weighted by molar-refractivity contribution is 5.79. The van der Waals surface area contributed by atoms with Gasteiger partial charge in [-0.05, 0) is 167 Å². The summed E-state index contributed by atoms with van der Waals surface area (Å²) in [6, 6.07) is 58.1. The summed E-state index contributed by atoms with van der Waals surface area (Å²) in [5, 5.41) is 0. The van der Waals surface area contributed by atoms with Crippen LogP contribution in [-0.4, -0.2) is 84.9 Å². The maximum absolute atomic E-state index is 6.94. The molecule has 9 rings (SSSR count). The van der Waals surface area contributed by atoms with E-state index in [1.807, 2.05) is 129 Å². The molecule has 2 fully saturated rings. The molecular weight excluding hydrogens is 1040 g/mol. The fourth-order valence-electron chi connectivity index (χ4n) is 9.47. The Morgan fingerprint density at radius 1 is 0.310 bits per heavy atom. The maximum Gasteiger partial charge on any atom is 0.116 e. The van der Waals surface area contributed by atoms with Gasteiger partial charge >= 0.3 is 0 Å². The van der Waals surface area contributed by atoms with Gasteiger partial charge in [-0.15, -0.1) is 0 Å². The van der Waals surface area contributed by atoms with Crippen molar-refractivity contribution in [3.05, 3.63) is 203 Å². The molecule has 8 heteroatoms. The Morgan fingerprint density at radius 2 is 0.548 bits per heavy atom. The van der Waals surface area contributed by atoms with Gasteiger partial charge in [0, 0.05) is 61.0 Å². The van der Waals surface area contributed by atoms with Crippen LogP contribution in [0.15, 0.2) is 170 Å².